The van der Waals surface area contributed by atoms with Gasteiger partial charge in [0.25, 0.3) is 0 Å². The molecule has 7 rings (SSSR count). The van der Waals surface area contributed by atoms with Crippen LogP contribution in [0.3, 0.4) is 0 Å². The third-order valence-corrected chi connectivity index (χ3v) is 11.1. The quantitative estimate of drug-likeness (QED) is 0.141. The average Bonchev–Trinajstić information content (AvgIpc) is 3.17. The Labute approximate surface area is 309 Å². The lowest BCUT2D eigenvalue weighted by Gasteiger charge is -2.58. The average molecular weight is 746 g/mol. The van der Waals surface area contributed by atoms with Gasteiger partial charge in [0.2, 0.25) is 0 Å². The van der Waals surface area contributed by atoms with Gasteiger partial charge in [-0.05, 0) is 84.1 Å². The highest BCUT2D eigenvalue weighted by Crippen LogP contribution is 2.46. The SMILES string of the molecule is COc1ccc(NC(=O)N2CC(CN)CCN3C(C2)C(c2ccc(Br)cc2)[C@H]3COC(c2ccccc2)(c2ccccc2)c2ccccc2)cc1. The predicted molar refractivity (Wildman–Crippen MR) is 207 cm³/mol. The number of fused-ring (bicyclic) bond motifs is 1. The lowest BCUT2D eigenvalue weighted by Crippen LogP contribution is -2.69. The smallest absolute Gasteiger partial charge is 0.321 e. The van der Waals surface area contributed by atoms with E-state index in [1.165, 1.54) is 5.56 Å². The second-order valence-electron chi connectivity index (χ2n) is 13.5. The van der Waals surface area contributed by atoms with Crippen LogP contribution >= 0.6 is 15.9 Å². The summed E-state index contributed by atoms with van der Waals surface area (Å²) in [5.41, 5.74) is 10.7. The minimum atomic E-state index is -0.827. The highest BCUT2D eigenvalue weighted by Gasteiger charge is 2.52. The number of rotatable bonds is 10. The van der Waals surface area contributed by atoms with Crippen molar-refractivity contribution < 1.29 is 14.3 Å². The van der Waals surface area contributed by atoms with Gasteiger partial charge < -0.3 is 25.4 Å². The third kappa shape index (κ3) is 7.32. The van der Waals surface area contributed by atoms with Gasteiger partial charge in [-0.15, -0.1) is 0 Å². The third-order valence-electron chi connectivity index (χ3n) is 10.6. The van der Waals surface area contributed by atoms with E-state index < -0.39 is 5.60 Å². The normalized spacial score (nSPS) is 20.7. The molecule has 3 N–H and O–H groups in total. The highest BCUT2D eigenvalue weighted by molar-refractivity contribution is 9.10. The number of methoxy groups -OCH3 is 1. The number of carbonyl (C=O) groups is 1. The maximum Gasteiger partial charge on any atom is 0.321 e. The van der Waals surface area contributed by atoms with Crippen LogP contribution in [0.4, 0.5) is 10.5 Å². The van der Waals surface area contributed by atoms with Gasteiger partial charge in [-0.1, -0.05) is 119 Å². The molecular weight excluding hydrogens is 700 g/mol. The highest BCUT2D eigenvalue weighted by atomic mass is 79.9. The standard InChI is InChI=1S/C43H45BrN4O3/c1-50-38-23-21-37(22-24-38)46-42(49)47-28-31(27-45)25-26-48-39(29-47)41(32-17-19-36(44)20-18-32)40(48)30-51-43(33-11-5-2-6-12-33,34-13-7-3-8-14-34)35-15-9-4-10-16-35/h2-24,31,39-41H,25-30,45H2,1H3,(H,46,49)/t31?,39?,40-,41?/m1/s1. The summed E-state index contributed by atoms with van der Waals surface area (Å²) in [4.78, 5) is 18.4. The Morgan fingerprint density at radius 3 is 1.90 bits per heavy atom. The largest absolute Gasteiger partial charge is 0.497 e. The van der Waals surface area contributed by atoms with E-state index in [1.54, 1.807) is 7.11 Å². The fraction of sp³-hybridized carbons (Fsp3) is 0.279. The molecule has 2 aliphatic rings. The van der Waals surface area contributed by atoms with Crippen molar-refractivity contribution in [3.05, 3.63) is 166 Å². The zero-order valence-electron chi connectivity index (χ0n) is 28.9. The molecule has 8 heteroatoms. The van der Waals surface area contributed by atoms with Crippen molar-refractivity contribution in [3.63, 3.8) is 0 Å². The van der Waals surface area contributed by atoms with Crippen LogP contribution in [0.5, 0.6) is 5.75 Å². The number of anilines is 1. The zero-order valence-corrected chi connectivity index (χ0v) is 30.5. The van der Waals surface area contributed by atoms with E-state index >= 15 is 0 Å². The number of ether oxygens (including phenoxy) is 2. The molecule has 3 unspecified atom stereocenters. The molecule has 7 nitrogen and oxygen atoms in total. The number of halogens is 1. The van der Waals surface area contributed by atoms with Crippen LogP contribution < -0.4 is 15.8 Å². The maximum absolute atomic E-state index is 13.9. The van der Waals surface area contributed by atoms with Crippen molar-refractivity contribution >= 4 is 27.6 Å². The summed E-state index contributed by atoms with van der Waals surface area (Å²) in [5.74, 6) is 1.07. The van der Waals surface area contributed by atoms with E-state index in [0.717, 1.165) is 45.6 Å². The van der Waals surface area contributed by atoms with Crippen molar-refractivity contribution in [2.24, 2.45) is 11.7 Å². The summed E-state index contributed by atoms with van der Waals surface area (Å²) in [7, 11) is 1.64. The monoisotopic (exact) mass is 744 g/mol. The summed E-state index contributed by atoms with van der Waals surface area (Å²) in [6.45, 7) is 3.08. The second kappa shape index (κ2) is 15.8. The molecular formula is C43H45BrN4O3. The van der Waals surface area contributed by atoms with Gasteiger partial charge in [-0.3, -0.25) is 4.90 Å². The Hall–Kier alpha value is -4.47. The van der Waals surface area contributed by atoms with Gasteiger partial charge in [-0.2, -0.15) is 0 Å². The topological polar surface area (TPSA) is 80.1 Å². The molecule has 0 spiro atoms. The van der Waals surface area contributed by atoms with Gasteiger partial charge >= 0.3 is 6.03 Å². The maximum atomic E-state index is 13.9. The van der Waals surface area contributed by atoms with Crippen molar-refractivity contribution in [2.45, 2.75) is 30.0 Å². The van der Waals surface area contributed by atoms with Crippen molar-refractivity contribution in [3.8, 4) is 5.75 Å². The molecule has 4 atom stereocenters. The number of amides is 2. The second-order valence-corrected chi connectivity index (χ2v) is 14.4. The Morgan fingerprint density at radius 2 is 1.37 bits per heavy atom. The van der Waals surface area contributed by atoms with Gasteiger partial charge in [0.15, 0.2) is 0 Å². The van der Waals surface area contributed by atoms with Gasteiger partial charge in [0.1, 0.15) is 11.4 Å². The van der Waals surface area contributed by atoms with Crippen LogP contribution in [0.15, 0.2) is 144 Å². The molecule has 0 saturated carbocycles. The number of urea groups is 1. The van der Waals surface area contributed by atoms with Crippen LogP contribution in [0.2, 0.25) is 0 Å². The van der Waals surface area contributed by atoms with E-state index in [4.69, 9.17) is 15.2 Å². The molecule has 262 valence electrons. The van der Waals surface area contributed by atoms with Crippen LogP contribution in [0.1, 0.15) is 34.6 Å². The molecule has 5 aromatic carbocycles. The molecule has 2 amide bonds. The fourth-order valence-electron chi connectivity index (χ4n) is 7.94. The number of nitrogens with two attached hydrogens (primary N) is 1. The summed E-state index contributed by atoms with van der Waals surface area (Å²) < 4.78 is 13.8. The summed E-state index contributed by atoms with van der Waals surface area (Å²) in [6, 6.07) is 47.8. The van der Waals surface area contributed by atoms with E-state index in [1.807, 2.05) is 29.2 Å². The first-order valence-electron chi connectivity index (χ1n) is 17.7. The first-order chi connectivity index (χ1) is 25.0. The Balaban J connectivity index is 1.23. The molecule has 2 heterocycles. The number of benzene rings is 5. The number of nitrogens with one attached hydrogen (secondary N) is 1. The van der Waals surface area contributed by atoms with Gasteiger partial charge in [-0.25, -0.2) is 4.79 Å². The molecule has 51 heavy (non-hydrogen) atoms. The lowest BCUT2D eigenvalue weighted by atomic mass is 9.73. The fourth-order valence-corrected chi connectivity index (χ4v) is 8.21. The first kappa shape index (κ1) is 35.0. The van der Waals surface area contributed by atoms with Crippen LogP contribution in [-0.4, -0.2) is 67.8 Å². The van der Waals surface area contributed by atoms with Crippen molar-refractivity contribution in [2.75, 3.05) is 45.2 Å². The number of nitrogens with zero attached hydrogens (tertiary/aromatic N) is 2. The number of hydrogen-bond donors (Lipinski definition) is 2. The number of hydrogen-bond acceptors (Lipinski definition) is 5. The Morgan fingerprint density at radius 1 is 0.804 bits per heavy atom. The number of carbonyl (C=O) groups excluding carboxylic acids is 1. The summed E-state index contributed by atoms with van der Waals surface area (Å²) in [6.07, 6.45) is 0.893. The molecule has 0 bridgehead atoms. The molecule has 2 saturated heterocycles. The zero-order chi connectivity index (χ0) is 35.2. The first-order valence-corrected chi connectivity index (χ1v) is 18.5. The summed E-state index contributed by atoms with van der Waals surface area (Å²) in [5, 5.41) is 3.13. The van der Waals surface area contributed by atoms with Crippen LogP contribution in [0.25, 0.3) is 0 Å². The molecule has 2 fully saturated rings. The molecule has 0 aromatic heterocycles. The van der Waals surface area contributed by atoms with Crippen molar-refractivity contribution in [1.29, 1.82) is 0 Å². The molecule has 0 aliphatic carbocycles. The van der Waals surface area contributed by atoms with Crippen molar-refractivity contribution in [1.82, 2.24) is 9.80 Å². The van der Waals surface area contributed by atoms with Gasteiger partial charge in [0.05, 0.1) is 13.7 Å². The van der Waals surface area contributed by atoms with Gasteiger partial charge in [0, 0.05) is 41.3 Å². The molecule has 5 aromatic rings. The van der Waals surface area contributed by atoms with Crippen LogP contribution in [-0.2, 0) is 10.3 Å². The van der Waals surface area contributed by atoms with E-state index in [2.05, 4.69) is 141 Å². The molecule has 0 radical (unpaired) electrons. The molecule has 2 aliphatic heterocycles. The van der Waals surface area contributed by atoms with E-state index in [0.29, 0.717) is 26.2 Å². The predicted octanol–water partition coefficient (Wildman–Crippen LogP) is 8.12. The Bertz CT molecular complexity index is 1760. The lowest BCUT2D eigenvalue weighted by molar-refractivity contribution is -0.104. The Kier molecular flexibility index (Phi) is 10.8. The van der Waals surface area contributed by atoms with E-state index in [-0.39, 0.29) is 30.0 Å². The van der Waals surface area contributed by atoms with Crippen LogP contribution in [0, 0.1) is 5.92 Å². The summed E-state index contributed by atoms with van der Waals surface area (Å²) >= 11 is 3.64. The minimum absolute atomic E-state index is 0.0784. The van der Waals surface area contributed by atoms with E-state index in [9.17, 15) is 4.79 Å². The minimum Gasteiger partial charge on any atom is -0.497 e.